The predicted octanol–water partition coefficient (Wildman–Crippen LogP) is 4.58. The summed E-state index contributed by atoms with van der Waals surface area (Å²) in [6.07, 6.45) is 0.806. The van der Waals surface area contributed by atoms with Gasteiger partial charge in [-0.25, -0.2) is 31.5 Å². The van der Waals surface area contributed by atoms with Crippen LogP contribution in [-0.2, 0) is 14.5 Å². The maximum atomic E-state index is 15.6. The normalized spacial score (nSPS) is 30.0. The van der Waals surface area contributed by atoms with Crippen molar-refractivity contribution in [2.24, 2.45) is 15.3 Å². The van der Waals surface area contributed by atoms with Crippen LogP contribution in [-0.4, -0.2) is 73.9 Å². The lowest BCUT2D eigenvalue weighted by molar-refractivity contribution is 0.0560. The fraction of sp³-hybridized carbons (Fsp3) is 0.571. The number of carbonyl (C=O) groups is 2. The summed E-state index contributed by atoms with van der Waals surface area (Å²) in [6, 6.07) is 2.66. The summed E-state index contributed by atoms with van der Waals surface area (Å²) in [5.41, 5.74) is -1.85. The molecule has 14 heteroatoms. The van der Waals surface area contributed by atoms with Crippen LogP contribution in [0.1, 0.15) is 58.5 Å². The van der Waals surface area contributed by atoms with Crippen molar-refractivity contribution in [3.05, 3.63) is 47.9 Å². The molecule has 4 rings (SSSR count). The van der Waals surface area contributed by atoms with Crippen LogP contribution in [0.15, 0.2) is 51.6 Å². The van der Waals surface area contributed by atoms with Crippen LogP contribution in [0.3, 0.4) is 0 Å². The van der Waals surface area contributed by atoms with Crippen molar-refractivity contribution in [1.29, 1.82) is 0 Å². The number of alkyl halides is 3. The van der Waals surface area contributed by atoms with Gasteiger partial charge in [0.05, 0.1) is 26.7 Å². The van der Waals surface area contributed by atoms with Gasteiger partial charge in [-0.3, -0.25) is 15.1 Å². The standard InChI is InChI=1S/C28H36F3N5O5S/c1-26(2,3)41-25(38)35-24-27(4,5)42(39)21(11-12-33-42)28(6,36-24)18-13-16(7-9-19(18)29)34-23(37)20-10-8-17(14-32-20)40-15-22(30)31/h7-10,13-14,18-19,21-22H,11-12,15H2,1-6H3,(H,34,37)(H,35,36,38)/t18?,19?,21-,28+,42+/m0/s1. The van der Waals surface area contributed by atoms with Crippen LogP contribution in [0.25, 0.3) is 0 Å². The molecule has 0 saturated heterocycles. The Morgan fingerprint density at radius 3 is 2.52 bits per heavy atom. The SMILES string of the molecule is CC(C)(C)OC(=O)NC1=N[C@](C)(C2C=C(NC(=O)c3ccc(OCC(F)F)cn3)C=CC2F)[C@@H]2CCN=[S@]2(=O)C1(C)C. The molecule has 3 aliphatic rings. The van der Waals surface area contributed by atoms with Crippen molar-refractivity contribution in [2.75, 3.05) is 13.2 Å². The minimum atomic E-state index is -3.04. The minimum absolute atomic E-state index is 0.0160. The molecule has 5 atom stereocenters. The molecule has 1 aromatic rings. The van der Waals surface area contributed by atoms with E-state index in [0.717, 1.165) is 6.20 Å². The second-order valence-electron chi connectivity index (χ2n) is 12.0. The van der Waals surface area contributed by atoms with E-state index >= 15 is 4.39 Å². The second kappa shape index (κ2) is 11.3. The molecular formula is C28H36F3N5O5S. The molecule has 0 bridgehead atoms. The third kappa shape index (κ3) is 6.18. The number of allylic oxidation sites excluding steroid dienone is 2. The second-order valence-corrected chi connectivity index (χ2v) is 15.0. The molecule has 1 aliphatic carbocycles. The number of alkyl carbamates (subject to hydrolysis) is 1. The van der Waals surface area contributed by atoms with E-state index in [0.29, 0.717) is 13.0 Å². The van der Waals surface area contributed by atoms with Gasteiger partial charge >= 0.3 is 6.09 Å². The zero-order valence-electron chi connectivity index (χ0n) is 24.3. The monoisotopic (exact) mass is 611 g/mol. The highest BCUT2D eigenvalue weighted by atomic mass is 32.2. The van der Waals surface area contributed by atoms with Crippen LogP contribution in [0.2, 0.25) is 0 Å². The van der Waals surface area contributed by atoms with Gasteiger partial charge in [-0.2, -0.15) is 0 Å². The van der Waals surface area contributed by atoms with Crippen LogP contribution < -0.4 is 15.4 Å². The van der Waals surface area contributed by atoms with Gasteiger partial charge in [-0.15, -0.1) is 0 Å². The van der Waals surface area contributed by atoms with E-state index in [1.54, 1.807) is 41.5 Å². The number of fused-ring (bicyclic) bond motifs is 1. The number of ether oxygens (including phenoxy) is 2. The Hall–Kier alpha value is -3.42. The Labute approximate surface area is 243 Å². The summed E-state index contributed by atoms with van der Waals surface area (Å²) < 4.78 is 68.5. The molecular weight excluding hydrogens is 575 g/mol. The number of hydrogen-bond acceptors (Lipinski definition) is 8. The number of aromatic nitrogens is 1. The summed E-state index contributed by atoms with van der Waals surface area (Å²) in [4.78, 5) is 34.4. The van der Waals surface area contributed by atoms with Gasteiger partial charge in [0.1, 0.15) is 40.4 Å². The maximum Gasteiger partial charge on any atom is 0.413 e. The molecule has 10 nitrogen and oxygen atoms in total. The lowest BCUT2D eigenvalue weighted by Gasteiger charge is -2.48. The Balaban J connectivity index is 1.64. The number of nitrogens with one attached hydrogen (secondary N) is 2. The molecule has 0 aromatic carbocycles. The number of amides is 2. The van der Waals surface area contributed by atoms with Gasteiger partial charge in [0.2, 0.25) is 0 Å². The molecule has 3 heterocycles. The zero-order chi connectivity index (χ0) is 31.1. The number of amidine groups is 1. The Morgan fingerprint density at radius 1 is 1.19 bits per heavy atom. The van der Waals surface area contributed by atoms with Crippen molar-refractivity contribution in [3.8, 4) is 5.75 Å². The van der Waals surface area contributed by atoms with Crippen molar-refractivity contribution in [2.45, 2.75) is 81.7 Å². The Kier molecular flexibility index (Phi) is 8.51. The fourth-order valence-electron chi connectivity index (χ4n) is 5.33. The van der Waals surface area contributed by atoms with Crippen LogP contribution in [0, 0.1) is 5.92 Å². The van der Waals surface area contributed by atoms with Gasteiger partial charge in [-0.1, -0.05) is 6.08 Å². The molecule has 230 valence electrons. The van der Waals surface area contributed by atoms with Crippen LogP contribution in [0.4, 0.5) is 18.0 Å². The Morgan fingerprint density at radius 2 is 1.90 bits per heavy atom. The quantitative estimate of drug-likeness (QED) is 0.484. The van der Waals surface area contributed by atoms with Crippen molar-refractivity contribution >= 4 is 27.6 Å². The summed E-state index contributed by atoms with van der Waals surface area (Å²) in [5.74, 6) is -1.42. The number of pyridine rings is 1. The van der Waals surface area contributed by atoms with E-state index in [1.807, 2.05) is 0 Å². The van der Waals surface area contributed by atoms with Crippen LogP contribution in [0.5, 0.6) is 5.75 Å². The highest BCUT2D eigenvalue weighted by Gasteiger charge is 2.60. The van der Waals surface area contributed by atoms with E-state index in [9.17, 15) is 22.6 Å². The van der Waals surface area contributed by atoms with E-state index in [2.05, 4.69) is 20.0 Å². The first-order valence-electron chi connectivity index (χ1n) is 13.5. The number of nitrogens with zero attached hydrogens (tertiary/aromatic N) is 3. The predicted molar refractivity (Wildman–Crippen MR) is 152 cm³/mol. The van der Waals surface area contributed by atoms with E-state index in [1.165, 1.54) is 30.4 Å². The number of rotatable bonds is 6. The summed E-state index contributed by atoms with van der Waals surface area (Å²) in [7, 11) is -3.04. The Bertz CT molecular complexity index is 1440. The molecule has 42 heavy (non-hydrogen) atoms. The smallest absolute Gasteiger partial charge is 0.413 e. The van der Waals surface area contributed by atoms with Gasteiger partial charge in [-0.05, 0) is 72.2 Å². The molecule has 0 saturated carbocycles. The third-order valence-electron chi connectivity index (χ3n) is 7.42. The first-order chi connectivity index (χ1) is 19.5. The van der Waals surface area contributed by atoms with Gasteiger partial charge in [0.25, 0.3) is 12.3 Å². The van der Waals surface area contributed by atoms with Gasteiger partial charge < -0.3 is 14.8 Å². The molecule has 2 aliphatic heterocycles. The summed E-state index contributed by atoms with van der Waals surface area (Å²) >= 11 is 0. The molecule has 1 aromatic heterocycles. The lowest BCUT2D eigenvalue weighted by Crippen LogP contribution is -2.64. The average Bonchev–Trinajstić information content (AvgIpc) is 3.31. The molecule has 0 fully saturated rings. The number of carbonyl (C=O) groups excluding carboxylic acids is 2. The third-order valence-corrected chi connectivity index (χ3v) is 11.1. The number of hydrogen-bond donors (Lipinski definition) is 2. The minimum Gasteiger partial charge on any atom is -0.486 e. The molecule has 2 unspecified atom stereocenters. The zero-order valence-corrected chi connectivity index (χ0v) is 25.1. The largest absolute Gasteiger partial charge is 0.486 e. The lowest BCUT2D eigenvalue weighted by atomic mass is 9.76. The summed E-state index contributed by atoms with van der Waals surface area (Å²) in [6.45, 7) is 9.70. The van der Waals surface area contributed by atoms with Crippen molar-refractivity contribution in [3.63, 3.8) is 0 Å². The number of aliphatic imine (C=N–C) groups is 1. The van der Waals surface area contributed by atoms with Crippen molar-refractivity contribution in [1.82, 2.24) is 15.6 Å². The van der Waals surface area contributed by atoms with Gasteiger partial charge in [0, 0.05) is 18.2 Å². The molecule has 2 amide bonds. The number of halogens is 3. The van der Waals surface area contributed by atoms with Crippen LogP contribution >= 0.6 is 0 Å². The fourth-order valence-corrected chi connectivity index (χ4v) is 8.57. The van der Waals surface area contributed by atoms with E-state index < -0.39 is 68.0 Å². The molecule has 0 spiro atoms. The highest BCUT2D eigenvalue weighted by molar-refractivity contribution is 7.96. The average molecular weight is 612 g/mol. The van der Waals surface area contributed by atoms with Crippen molar-refractivity contribution < 1.29 is 36.4 Å². The van der Waals surface area contributed by atoms with E-state index in [4.69, 9.17) is 14.5 Å². The topological polar surface area (TPSA) is 131 Å². The highest BCUT2D eigenvalue weighted by Crippen LogP contribution is 2.48. The first kappa shape index (κ1) is 31.5. The molecule has 2 N–H and O–H groups in total. The first-order valence-corrected chi connectivity index (χ1v) is 15.1. The summed E-state index contributed by atoms with van der Waals surface area (Å²) in [5, 5.41) is 4.70. The molecule has 0 radical (unpaired) electrons. The van der Waals surface area contributed by atoms with E-state index in [-0.39, 0.29) is 23.0 Å². The maximum absolute atomic E-state index is 15.6. The van der Waals surface area contributed by atoms with Gasteiger partial charge in [0.15, 0.2) is 0 Å².